The molecular weight excluding hydrogens is 592 g/mol. The quantitative estimate of drug-likeness (QED) is 0.243. The van der Waals surface area contributed by atoms with Crippen LogP contribution in [-0.2, 0) is 9.53 Å². The average Bonchev–Trinajstić information content (AvgIpc) is 3.27. The summed E-state index contributed by atoms with van der Waals surface area (Å²) in [6.45, 7) is 4.00. The Morgan fingerprint density at radius 3 is 2.55 bits per heavy atom. The first-order valence-electron chi connectivity index (χ1n) is 13.0. The van der Waals surface area contributed by atoms with Crippen LogP contribution in [-0.4, -0.2) is 31.4 Å². The van der Waals surface area contributed by atoms with Crippen LogP contribution in [0.3, 0.4) is 0 Å². The van der Waals surface area contributed by atoms with E-state index in [0.717, 1.165) is 27.2 Å². The van der Waals surface area contributed by atoms with Crippen molar-refractivity contribution in [3.8, 4) is 11.5 Å². The molecule has 7 nitrogen and oxygen atoms in total. The Morgan fingerprint density at radius 1 is 1.07 bits per heavy atom. The molecule has 1 aliphatic heterocycles. The fraction of sp³-hybridized carbons (Fsp3) is 0.258. The maximum Gasteiger partial charge on any atom is 0.338 e. The zero-order chi connectivity index (χ0) is 28.4. The highest BCUT2D eigenvalue weighted by Crippen LogP contribution is 2.38. The number of fused-ring (bicyclic) bond motifs is 2. The van der Waals surface area contributed by atoms with E-state index in [2.05, 4.69) is 15.9 Å². The molecule has 5 rings (SSSR count). The number of carbonyl (C=O) groups excluding carboxylic acids is 1. The van der Waals surface area contributed by atoms with Gasteiger partial charge in [-0.05, 0) is 54.5 Å². The van der Waals surface area contributed by atoms with Crippen molar-refractivity contribution < 1.29 is 19.0 Å². The summed E-state index contributed by atoms with van der Waals surface area (Å²) in [4.78, 5) is 33.1. The van der Waals surface area contributed by atoms with Gasteiger partial charge in [-0.15, -0.1) is 0 Å². The Morgan fingerprint density at radius 2 is 1.82 bits per heavy atom. The predicted octanol–water partition coefficient (Wildman–Crippen LogP) is 5.51. The van der Waals surface area contributed by atoms with E-state index >= 15 is 0 Å². The molecule has 0 N–H and O–H groups in total. The summed E-state index contributed by atoms with van der Waals surface area (Å²) >= 11 is 4.85. The minimum atomic E-state index is -0.777. The lowest BCUT2D eigenvalue weighted by Crippen LogP contribution is -2.40. The van der Waals surface area contributed by atoms with Crippen LogP contribution in [0.1, 0.15) is 43.9 Å². The summed E-state index contributed by atoms with van der Waals surface area (Å²) in [5, 5.41) is 2.01. The van der Waals surface area contributed by atoms with Crippen molar-refractivity contribution >= 4 is 50.1 Å². The van der Waals surface area contributed by atoms with Gasteiger partial charge >= 0.3 is 5.97 Å². The lowest BCUT2D eigenvalue weighted by Gasteiger charge is -2.27. The first-order chi connectivity index (χ1) is 19.4. The lowest BCUT2D eigenvalue weighted by molar-refractivity contribution is -0.139. The molecule has 2 heterocycles. The van der Waals surface area contributed by atoms with Crippen molar-refractivity contribution in [3.05, 3.63) is 101 Å². The summed E-state index contributed by atoms with van der Waals surface area (Å²) in [7, 11) is 3.19. The second-order valence-corrected chi connectivity index (χ2v) is 11.1. The summed E-state index contributed by atoms with van der Waals surface area (Å²) < 4.78 is 19.8. The highest BCUT2D eigenvalue weighted by atomic mass is 79.9. The van der Waals surface area contributed by atoms with Gasteiger partial charge < -0.3 is 14.2 Å². The standard InChI is InChI=1S/C31H29BrN2O5S/c1-5-9-23-27(30(36)39-6-2)28(22-16-19(32)13-15-25(22)38-4)34-29(35)26(40-31(34)33-23)17-21-20-11-8-7-10-18(20)12-14-24(21)37-3/h7-8,10-17,28H,5-6,9H2,1-4H3/b26-17+/t28-/m0/s1. The van der Waals surface area contributed by atoms with Gasteiger partial charge in [-0.2, -0.15) is 0 Å². The predicted molar refractivity (Wildman–Crippen MR) is 161 cm³/mol. The highest BCUT2D eigenvalue weighted by molar-refractivity contribution is 9.10. The van der Waals surface area contributed by atoms with Crippen LogP contribution in [0.2, 0.25) is 0 Å². The molecule has 0 radical (unpaired) electrons. The van der Waals surface area contributed by atoms with Gasteiger partial charge in [0.15, 0.2) is 4.80 Å². The van der Waals surface area contributed by atoms with E-state index in [0.29, 0.717) is 44.1 Å². The zero-order valence-corrected chi connectivity index (χ0v) is 25.1. The third-order valence-corrected chi connectivity index (χ3v) is 8.28. The van der Waals surface area contributed by atoms with E-state index in [4.69, 9.17) is 19.2 Å². The van der Waals surface area contributed by atoms with Crippen molar-refractivity contribution in [1.29, 1.82) is 0 Å². The number of halogens is 1. The number of rotatable bonds is 8. The van der Waals surface area contributed by atoms with E-state index in [1.807, 2.05) is 67.6 Å². The second-order valence-electron chi connectivity index (χ2n) is 9.20. The minimum Gasteiger partial charge on any atom is -0.496 e. The van der Waals surface area contributed by atoms with E-state index in [1.165, 1.54) is 11.3 Å². The zero-order valence-electron chi connectivity index (χ0n) is 22.7. The molecule has 0 bridgehead atoms. The van der Waals surface area contributed by atoms with Crippen molar-refractivity contribution in [2.45, 2.75) is 32.7 Å². The van der Waals surface area contributed by atoms with Gasteiger partial charge in [0.25, 0.3) is 5.56 Å². The van der Waals surface area contributed by atoms with Gasteiger partial charge in [0.2, 0.25) is 0 Å². The Balaban J connectivity index is 1.85. The summed E-state index contributed by atoms with van der Waals surface area (Å²) in [6, 6.07) is 16.6. The van der Waals surface area contributed by atoms with Crippen LogP contribution >= 0.6 is 27.3 Å². The molecular formula is C31H29BrN2O5S. The normalized spacial score (nSPS) is 15.1. The Kier molecular flexibility index (Phi) is 8.23. The van der Waals surface area contributed by atoms with E-state index < -0.39 is 12.0 Å². The molecule has 1 aromatic heterocycles. The number of thiazole rings is 1. The smallest absolute Gasteiger partial charge is 0.338 e. The number of esters is 1. The monoisotopic (exact) mass is 620 g/mol. The molecule has 206 valence electrons. The number of allylic oxidation sites excluding steroid dienone is 1. The van der Waals surface area contributed by atoms with Crippen LogP contribution < -0.4 is 24.4 Å². The number of methoxy groups -OCH3 is 2. The Hall–Kier alpha value is -3.69. The molecule has 0 spiro atoms. The largest absolute Gasteiger partial charge is 0.496 e. The second kappa shape index (κ2) is 11.8. The third kappa shape index (κ3) is 4.99. The highest BCUT2D eigenvalue weighted by Gasteiger charge is 2.36. The van der Waals surface area contributed by atoms with E-state index in [9.17, 15) is 9.59 Å². The molecule has 0 unspecified atom stereocenters. The van der Waals surface area contributed by atoms with Crippen LogP contribution in [0.5, 0.6) is 11.5 Å². The van der Waals surface area contributed by atoms with E-state index in [-0.39, 0.29) is 12.2 Å². The molecule has 1 atom stereocenters. The van der Waals surface area contributed by atoms with Gasteiger partial charge in [0.1, 0.15) is 17.5 Å². The van der Waals surface area contributed by atoms with Crippen LogP contribution in [0, 0.1) is 0 Å². The molecule has 0 amide bonds. The first kappa shape index (κ1) is 27.9. The Labute approximate surface area is 244 Å². The topological polar surface area (TPSA) is 79.1 Å². The van der Waals surface area contributed by atoms with Crippen molar-refractivity contribution in [2.75, 3.05) is 20.8 Å². The molecule has 9 heteroatoms. The number of nitrogens with zero attached hydrogens (tertiary/aromatic N) is 2. The maximum absolute atomic E-state index is 14.2. The fourth-order valence-corrected chi connectivity index (χ4v) is 6.45. The average molecular weight is 622 g/mol. The van der Waals surface area contributed by atoms with Crippen LogP contribution in [0.15, 0.2) is 80.1 Å². The summed E-state index contributed by atoms with van der Waals surface area (Å²) in [5.74, 6) is 0.721. The van der Waals surface area contributed by atoms with Gasteiger partial charge in [-0.1, -0.05) is 70.9 Å². The number of ether oxygens (including phenoxy) is 3. The summed E-state index contributed by atoms with van der Waals surface area (Å²) in [6.07, 6.45) is 3.18. The molecule has 3 aromatic carbocycles. The number of hydrogen-bond donors (Lipinski definition) is 0. The van der Waals surface area contributed by atoms with Gasteiger partial charge in [-0.3, -0.25) is 9.36 Å². The molecule has 0 saturated carbocycles. The lowest BCUT2D eigenvalue weighted by atomic mass is 9.93. The molecule has 0 fully saturated rings. The first-order valence-corrected chi connectivity index (χ1v) is 14.6. The van der Waals surface area contributed by atoms with Gasteiger partial charge in [-0.25, -0.2) is 9.79 Å². The number of benzene rings is 3. The van der Waals surface area contributed by atoms with Crippen molar-refractivity contribution in [2.24, 2.45) is 4.99 Å². The number of aromatic nitrogens is 1. The fourth-order valence-electron chi connectivity index (χ4n) is 5.07. The SMILES string of the molecule is CCCC1=C(C(=O)OCC)[C@H](c2cc(Br)ccc2OC)n2c(s/c(=C/c3c(OC)ccc4ccccc34)c2=O)=N1. The third-order valence-electron chi connectivity index (χ3n) is 6.80. The molecule has 4 aromatic rings. The molecule has 0 saturated heterocycles. The van der Waals surface area contributed by atoms with Crippen LogP contribution in [0.4, 0.5) is 0 Å². The summed E-state index contributed by atoms with van der Waals surface area (Å²) in [5.41, 5.74) is 2.17. The Bertz CT molecular complexity index is 1820. The molecule has 1 aliphatic rings. The van der Waals surface area contributed by atoms with Crippen LogP contribution in [0.25, 0.3) is 16.8 Å². The van der Waals surface area contributed by atoms with Gasteiger partial charge in [0.05, 0.1) is 36.6 Å². The molecule has 40 heavy (non-hydrogen) atoms. The van der Waals surface area contributed by atoms with Crippen molar-refractivity contribution in [1.82, 2.24) is 4.57 Å². The van der Waals surface area contributed by atoms with Gasteiger partial charge in [0, 0.05) is 15.6 Å². The number of hydrogen-bond acceptors (Lipinski definition) is 7. The van der Waals surface area contributed by atoms with Crippen molar-refractivity contribution in [3.63, 3.8) is 0 Å². The number of carbonyl (C=O) groups is 1. The maximum atomic E-state index is 14.2. The molecule has 0 aliphatic carbocycles. The minimum absolute atomic E-state index is 0.204. The van der Waals surface area contributed by atoms with E-state index in [1.54, 1.807) is 25.7 Å².